The summed E-state index contributed by atoms with van der Waals surface area (Å²) in [6.45, 7) is 0. The van der Waals surface area contributed by atoms with E-state index in [1.807, 2.05) is 0 Å². The molecule has 0 saturated heterocycles. The zero-order chi connectivity index (χ0) is 11.0. The molecule has 0 spiro atoms. The van der Waals surface area contributed by atoms with Gasteiger partial charge in [0.25, 0.3) is 0 Å². The largest absolute Gasteiger partial charge is 0.105 e. The molecule has 16 heavy (non-hydrogen) atoms. The van der Waals surface area contributed by atoms with Crippen molar-refractivity contribution in [2.45, 2.75) is 6.42 Å². The minimum Gasteiger partial charge on any atom is -0.105 e. The van der Waals surface area contributed by atoms with Crippen LogP contribution in [0.4, 0.5) is 0 Å². The second-order valence-electron chi connectivity index (χ2n) is 4.13. The van der Waals surface area contributed by atoms with E-state index in [-0.39, 0.29) is 0 Å². The number of benzene rings is 2. The van der Waals surface area contributed by atoms with Gasteiger partial charge in [0.1, 0.15) is 0 Å². The van der Waals surface area contributed by atoms with Crippen LogP contribution in [-0.2, 0) is 6.42 Å². The van der Waals surface area contributed by atoms with Crippen LogP contribution < -0.4 is 5.30 Å². The van der Waals surface area contributed by atoms with Gasteiger partial charge in [-0.05, 0) is 34.0 Å². The number of hydrogen-bond donors (Lipinski definition) is 0. The summed E-state index contributed by atoms with van der Waals surface area (Å²) in [7, 11) is 2.82. The van der Waals surface area contributed by atoms with E-state index in [9.17, 15) is 0 Å². The van der Waals surface area contributed by atoms with Gasteiger partial charge in [0.05, 0.1) is 0 Å². The fourth-order valence-corrected chi connectivity index (χ4v) is 2.62. The third kappa shape index (κ3) is 1.60. The molecule has 0 amide bonds. The van der Waals surface area contributed by atoms with Gasteiger partial charge in [0, 0.05) is 0 Å². The summed E-state index contributed by atoms with van der Waals surface area (Å²) in [5.41, 5.74) is 5.51. The highest BCUT2D eigenvalue weighted by molar-refractivity contribution is 7.27. The Morgan fingerprint density at radius 3 is 2.56 bits per heavy atom. The lowest BCUT2D eigenvalue weighted by Crippen LogP contribution is -2.01. The van der Waals surface area contributed by atoms with E-state index >= 15 is 0 Å². The molecule has 0 heterocycles. The third-order valence-electron chi connectivity index (χ3n) is 3.10. The lowest BCUT2D eigenvalue weighted by molar-refractivity contribution is 1.19. The van der Waals surface area contributed by atoms with Crippen LogP contribution in [0.2, 0.25) is 0 Å². The molecule has 3 rings (SSSR count). The maximum atomic E-state index is 2.82. The molecule has 0 N–H and O–H groups in total. The van der Waals surface area contributed by atoms with E-state index in [1.165, 1.54) is 27.6 Å². The Labute approximate surface area is 98.2 Å². The van der Waals surface area contributed by atoms with Crippen LogP contribution in [-0.4, -0.2) is 0 Å². The molecule has 78 valence electrons. The van der Waals surface area contributed by atoms with E-state index in [4.69, 9.17) is 0 Å². The summed E-state index contributed by atoms with van der Waals surface area (Å²) < 4.78 is 0. The predicted molar refractivity (Wildman–Crippen MR) is 74.0 cm³/mol. The molecule has 2 aromatic rings. The van der Waals surface area contributed by atoms with Gasteiger partial charge in [-0.1, -0.05) is 54.6 Å². The molecule has 1 aliphatic rings. The summed E-state index contributed by atoms with van der Waals surface area (Å²) in [6.07, 6.45) is 5.47. The summed E-state index contributed by atoms with van der Waals surface area (Å²) in [5.74, 6) is 0. The highest BCUT2D eigenvalue weighted by Gasteiger charge is 2.09. The van der Waals surface area contributed by atoms with Gasteiger partial charge in [-0.15, -0.1) is 9.24 Å². The van der Waals surface area contributed by atoms with Gasteiger partial charge in [0.15, 0.2) is 0 Å². The Hall–Kier alpha value is -1.39. The molecule has 0 radical (unpaired) electrons. The second kappa shape index (κ2) is 3.88. The van der Waals surface area contributed by atoms with Gasteiger partial charge >= 0.3 is 0 Å². The zero-order valence-corrected chi connectivity index (χ0v) is 10.1. The molecule has 0 bridgehead atoms. The Morgan fingerprint density at radius 1 is 0.812 bits per heavy atom. The number of rotatable bonds is 0. The van der Waals surface area contributed by atoms with Crippen LogP contribution in [0.15, 0.2) is 42.5 Å². The van der Waals surface area contributed by atoms with Crippen molar-refractivity contribution in [1.82, 2.24) is 0 Å². The Bertz CT molecular complexity index is 567. The molecule has 0 saturated carbocycles. The van der Waals surface area contributed by atoms with Crippen LogP contribution in [0.3, 0.4) is 0 Å². The van der Waals surface area contributed by atoms with Crippen molar-refractivity contribution in [2.75, 3.05) is 0 Å². The fraction of sp³-hybridized carbons (Fsp3) is 0.0667. The Kier molecular flexibility index (Phi) is 2.38. The second-order valence-corrected chi connectivity index (χ2v) is 4.75. The molecule has 0 nitrogen and oxygen atoms in total. The highest BCUT2D eigenvalue weighted by atomic mass is 31.0. The quantitative estimate of drug-likeness (QED) is 0.514. The Balaban J connectivity index is 2.21. The molecular formula is C15H13P. The first-order valence-electron chi connectivity index (χ1n) is 5.48. The van der Waals surface area contributed by atoms with Crippen LogP contribution in [0, 0.1) is 0 Å². The average Bonchev–Trinajstić information content (AvgIpc) is 2.48. The van der Waals surface area contributed by atoms with E-state index in [2.05, 4.69) is 63.9 Å². The molecule has 1 heteroatoms. The molecule has 0 fully saturated rings. The molecule has 2 aromatic carbocycles. The van der Waals surface area contributed by atoms with Crippen LogP contribution >= 0.6 is 9.24 Å². The lowest BCUT2D eigenvalue weighted by atomic mass is 10.00. The van der Waals surface area contributed by atoms with E-state index in [1.54, 1.807) is 0 Å². The molecule has 1 unspecified atom stereocenters. The van der Waals surface area contributed by atoms with Gasteiger partial charge in [-0.2, -0.15) is 0 Å². The van der Waals surface area contributed by atoms with Crippen molar-refractivity contribution in [3.63, 3.8) is 0 Å². The smallest absolute Gasteiger partial charge is 0.00137 e. The normalized spacial score (nSPS) is 12.8. The van der Waals surface area contributed by atoms with Crippen molar-refractivity contribution in [2.24, 2.45) is 0 Å². The van der Waals surface area contributed by atoms with Crippen molar-refractivity contribution >= 4 is 26.7 Å². The maximum absolute atomic E-state index is 2.82. The van der Waals surface area contributed by atoms with Crippen molar-refractivity contribution < 1.29 is 0 Å². The van der Waals surface area contributed by atoms with Gasteiger partial charge in [-0.25, -0.2) is 0 Å². The number of fused-ring (bicyclic) bond motifs is 2. The topological polar surface area (TPSA) is 0 Å². The number of hydrogen-bond acceptors (Lipinski definition) is 0. The van der Waals surface area contributed by atoms with E-state index < -0.39 is 0 Å². The van der Waals surface area contributed by atoms with E-state index in [0.717, 1.165) is 6.42 Å². The summed E-state index contributed by atoms with van der Waals surface area (Å²) in [5, 5.41) is 1.28. The fourth-order valence-electron chi connectivity index (χ4n) is 2.23. The minimum absolute atomic E-state index is 1.03. The summed E-state index contributed by atoms with van der Waals surface area (Å²) >= 11 is 0. The van der Waals surface area contributed by atoms with E-state index in [0.29, 0.717) is 0 Å². The summed E-state index contributed by atoms with van der Waals surface area (Å²) in [4.78, 5) is 0. The van der Waals surface area contributed by atoms with Crippen LogP contribution in [0.25, 0.3) is 12.2 Å². The van der Waals surface area contributed by atoms with Gasteiger partial charge in [0.2, 0.25) is 0 Å². The van der Waals surface area contributed by atoms with Crippen molar-refractivity contribution in [1.29, 1.82) is 0 Å². The highest BCUT2D eigenvalue weighted by Crippen LogP contribution is 2.24. The first-order valence-corrected chi connectivity index (χ1v) is 6.06. The molecule has 0 aliphatic heterocycles. The van der Waals surface area contributed by atoms with Crippen LogP contribution in [0.5, 0.6) is 0 Å². The lowest BCUT2D eigenvalue weighted by Gasteiger charge is -2.07. The summed E-state index contributed by atoms with van der Waals surface area (Å²) in [6, 6.07) is 15.1. The molecule has 1 atom stereocenters. The zero-order valence-electron chi connectivity index (χ0n) is 8.98. The molecule has 1 aliphatic carbocycles. The third-order valence-corrected chi connectivity index (χ3v) is 3.60. The van der Waals surface area contributed by atoms with Gasteiger partial charge in [-0.3, -0.25) is 0 Å². The predicted octanol–water partition coefficient (Wildman–Crippen LogP) is 3.26. The average molecular weight is 224 g/mol. The molecular weight excluding hydrogens is 211 g/mol. The first-order chi connectivity index (χ1) is 7.84. The molecule has 0 aromatic heterocycles. The monoisotopic (exact) mass is 224 g/mol. The minimum atomic E-state index is 1.03. The van der Waals surface area contributed by atoms with Gasteiger partial charge < -0.3 is 0 Å². The maximum Gasteiger partial charge on any atom is -0.00137 e. The Morgan fingerprint density at radius 2 is 1.62 bits per heavy atom. The standard InChI is InChI=1S/C15H13P/c16-15-7-3-6-13-10-12-5-2-1-4-11(12)8-9-14(13)15/h1-9H,10,16H2. The first kappa shape index (κ1) is 9.81. The van der Waals surface area contributed by atoms with Crippen molar-refractivity contribution in [3.8, 4) is 0 Å². The van der Waals surface area contributed by atoms with Crippen molar-refractivity contribution in [3.05, 3.63) is 64.7 Å². The van der Waals surface area contributed by atoms with Crippen LogP contribution in [0.1, 0.15) is 22.3 Å². The SMILES string of the molecule is Pc1cccc2c1C=Cc1ccccc1C2.